The number of benzene rings is 1. The van der Waals surface area contributed by atoms with Crippen LogP contribution < -0.4 is 16.8 Å². The Balaban J connectivity index is 1.91. The third kappa shape index (κ3) is 3.18. The van der Waals surface area contributed by atoms with Crippen molar-refractivity contribution in [2.45, 2.75) is 30.9 Å². The molecule has 0 spiro atoms. The lowest BCUT2D eigenvalue weighted by Gasteiger charge is -2.48. The first-order chi connectivity index (χ1) is 16.0. The summed E-state index contributed by atoms with van der Waals surface area (Å²) < 4.78 is 14.6. The molecule has 182 valence electrons. The van der Waals surface area contributed by atoms with Crippen molar-refractivity contribution in [2.24, 2.45) is 17.6 Å². The van der Waals surface area contributed by atoms with Crippen LogP contribution in [0.15, 0.2) is 28.7 Å². The lowest BCUT2D eigenvalue weighted by Crippen LogP contribution is -2.64. The minimum atomic E-state index is -2.78. The zero-order valence-electron chi connectivity index (χ0n) is 17.8. The van der Waals surface area contributed by atoms with Gasteiger partial charge in [0.05, 0.1) is 17.3 Å². The second-order valence-electron chi connectivity index (χ2n) is 8.68. The van der Waals surface area contributed by atoms with Gasteiger partial charge < -0.3 is 37.2 Å². The van der Waals surface area contributed by atoms with Gasteiger partial charge in [-0.2, -0.15) is 0 Å². The molecule has 0 aliphatic heterocycles. The van der Waals surface area contributed by atoms with Crippen LogP contribution in [0.25, 0.3) is 0 Å². The average Bonchev–Trinajstić information content (AvgIpc) is 2.76. The van der Waals surface area contributed by atoms with Crippen molar-refractivity contribution in [3.63, 3.8) is 0 Å². The summed E-state index contributed by atoms with van der Waals surface area (Å²) in [6, 6.07) is -0.318. The van der Waals surface area contributed by atoms with E-state index in [0.29, 0.717) is 6.42 Å². The Morgan fingerprint density at radius 3 is 2.59 bits per heavy atom. The molecule has 0 radical (unpaired) electrons. The van der Waals surface area contributed by atoms with E-state index in [0.717, 1.165) is 6.07 Å². The lowest BCUT2D eigenvalue weighted by atomic mass is 9.58. The number of aliphatic hydroxyl groups is 3. The molecular weight excluding hydrogens is 473 g/mol. The van der Waals surface area contributed by atoms with Crippen molar-refractivity contribution >= 4 is 34.8 Å². The van der Waals surface area contributed by atoms with Gasteiger partial charge in [-0.05, 0) is 31.7 Å². The van der Waals surface area contributed by atoms with Crippen molar-refractivity contribution in [1.29, 1.82) is 0 Å². The van der Waals surface area contributed by atoms with Gasteiger partial charge in [0.15, 0.2) is 11.4 Å². The summed E-state index contributed by atoms with van der Waals surface area (Å²) in [4.78, 5) is 38.4. The Morgan fingerprint density at radius 1 is 1.29 bits per heavy atom. The van der Waals surface area contributed by atoms with Gasteiger partial charge in [-0.15, -0.1) is 11.6 Å². The van der Waals surface area contributed by atoms with Crippen LogP contribution in [0.3, 0.4) is 0 Å². The molecule has 0 fully saturated rings. The van der Waals surface area contributed by atoms with Crippen LogP contribution in [-0.4, -0.2) is 62.0 Å². The molecule has 0 unspecified atom stereocenters. The number of nitrogens with two attached hydrogens (primary N) is 2. The third-order valence-electron chi connectivity index (χ3n) is 6.85. The van der Waals surface area contributed by atoms with Crippen LogP contribution in [0.2, 0.25) is 0 Å². The highest BCUT2D eigenvalue weighted by molar-refractivity contribution is 6.24. The molecule has 0 bridgehead atoms. The van der Waals surface area contributed by atoms with E-state index < -0.39 is 86.4 Å². The number of fused-ring (bicyclic) bond motifs is 3. The van der Waals surface area contributed by atoms with Gasteiger partial charge in [0, 0.05) is 29.0 Å². The zero-order chi connectivity index (χ0) is 25.1. The van der Waals surface area contributed by atoms with Crippen molar-refractivity contribution in [3.8, 4) is 5.75 Å². The number of Topliss-reactive ketones (excluding diaryl/α,β-unsaturated/α-hetero) is 2. The minimum absolute atomic E-state index is 0.116. The zero-order valence-corrected chi connectivity index (χ0v) is 18.5. The predicted octanol–water partition coefficient (Wildman–Crippen LogP) is 0.499. The molecule has 1 aromatic rings. The predicted molar refractivity (Wildman–Crippen MR) is 118 cm³/mol. The van der Waals surface area contributed by atoms with Gasteiger partial charge in [0.25, 0.3) is 5.91 Å². The summed E-state index contributed by atoms with van der Waals surface area (Å²) in [5, 5.41) is 46.5. The molecule has 0 heterocycles. The molecule has 4 atom stereocenters. The van der Waals surface area contributed by atoms with Crippen molar-refractivity contribution in [2.75, 3.05) is 18.2 Å². The van der Waals surface area contributed by atoms with E-state index in [1.807, 2.05) is 0 Å². The molecule has 10 nitrogen and oxygen atoms in total. The third-order valence-corrected chi connectivity index (χ3v) is 7.12. The number of rotatable bonds is 5. The Kier molecular flexibility index (Phi) is 5.83. The molecule has 4 rings (SSSR count). The van der Waals surface area contributed by atoms with Crippen molar-refractivity contribution in [1.82, 2.24) is 5.32 Å². The molecule has 34 heavy (non-hydrogen) atoms. The van der Waals surface area contributed by atoms with E-state index in [1.54, 1.807) is 0 Å². The Bertz CT molecular complexity index is 1200. The normalized spacial score (nSPS) is 28.5. The SMILES string of the molecule is NC(=O)C1=C(O)[C@@H](NCCCCl)[C@@H]2C[C@@H]3Cc4c(F)cc(N)c(O)c4C(=O)C3=C(O)[C@]2(O)C1=O. The Hall–Kier alpha value is -3.15. The highest BCUT2D eigenvalue weighted by Crippen LogP contribution is 2.52. The molecule has 3 aliphatic carbocycles. The maximum Gasteiger partial charge on any atom is 0.255 e. The first kappa shape index (κ1) is 24.0. The van der Waals surface area contributed by atoms with Crippen molar-refractivity contribution < 1.29 is 39.2 Å². The highest BCUT2D eigenvalue weighted by Gasteiger charge is 2.62. The Labute approximate surface area is 197 Å². The number of phenolic OH excluding ortho intramolecular Hbond substituents is 1. The summed E-state index contributed by atoms with van der Waals surface area (Å²) in [6.45, 7) is 0.219. The molecule has 9 N–H and O–H groups in total. The van der Waals surface area contributed by atoms with Gasteiger partial charge in [-0.1, -0.05) is 0 Å². The van der Waals surface area contributed by atoms with Crippen LogP contribution in [0.1, 0.15) is 28.8 Å². The number of allylic oxidation sites excluding steroid dienone is 1. The van der Waals surface area contributed by atoms with Gasteiger partial charge >= 0.3 is 0 Å². The number of carbonyl (C=O) groups excluding carboxylic acids is 3. The quantitative estimate of drug-likeness (QED) is 0.0999. The summed E-state index contributed by atoms with van der Waals surface area (Å²) in [5.41, 5.74) is 5.80. The summed E-state index contributed by atoms with van der Waals surface area (Å²) >= 11 is 5.70. The number of phenols is 1. The second kappa shape index (κ2) is 8.26. The minimum Gasteiger partial charge on any atom is -0.510 e. The monoisotopic (exact) mass is 495 g/mol. The van der Waals surface area contributed by atoms with Crippen LogP contribution >= 0.6 is 11.6 Å². The topological polar surface area (TPSA) is 196 Å². The first-order valence-electron chi connectivity index (χ1n) is 10.5. The number of aromatic hydroxyl groups is 1. The molecular formula is C22H23ClFN3O7. The summed E-state index contributed by atoms with van der Waals surface area (Å²) in [6.07, 6.45) is 0.138. The van der Waals surface area contributed by atoms with E-state index in [1.165, 1.54) is 0 Å². The van der Waals surface area contributed by atoms with E-state index in [4.69, 9.17) is 23.1 Å². The van der Waals surface area contributed by atoms with Crippen LogP contribution in [0, 0.1) is 17.7 Å². The standard InChI is InChI=1S/C22H23ClFN3O7/c23-2-1-3-27-15-9-5-7-4-8-10(24)6-11(25)16(28)13(8)17(29)12(7)19(31)22(9,34)20(32)14(18(15)30)21(26)33/h6-7,9,15,27-28,30-31,34H,1-5,25H2,(H2,26,33)/t7-,9-,15-,22-/m0/s1. The fourth-order valence-electron chi connectivity index (χ4n) is 5.28. The average molecular weight is 496 g/mol. The van der Waals surface area contributed by atoms with Crippen LogP contribution in [0.5, 0.6) is 5.75 Å². The van der Waals surface area contributed by atoms with Gasteiger partial charge in [0.1, 0.15) is 28.7 Å². The number of primary amides is 1. The lowest BCUT2D eigenvalue weighted by molar-refractivity contribution is -0.146. The van der Waals surface area contributed by atoms with Crippen LogP contribution in [0.4, 0.5) is 10.1 Å². The number of halogens is 2. The van der Waals surface area contributed by atoms with Crippen molar-refractivity contribution in [3.05, 3.63) is 45.7 Å². The van der Waals surface area contributed by atoms with E-state index in [9.17, 15) is 39.2 Å². The van der Waals surface area contributed by atoms with E-state index in [2.05, 4.69) is 5.32 Å². The number of carbonyl (C=O) groups is 3. The highest BCUT2D eigenvalue weighted by atomic mass is 35.5. The Morgan fingerprint density at radius 2 is 1.97 bits per heavy atom. The number of aliphatic hydroxyl groups excluding tert-OH is 2. The van der Waals surface area contributed by atoms with Gasteiger partial charge in [0.2, 0.25) is 5.78 Å². The number of hydrogen-bond acceptors (Lipinski definition) is 9. The molecule has 12 heteroatoms. The maximum absolute atomic E-state index is 14.6. The first-order valence-corrected chi connectivity index (χ1v) is 11.1. The second-order valence-corrected chi connectivity index (χ2v) is 9.06. The summed E-state index contributed by atoms with van der Waals surface area (Å²) in [5.74, 6) is -8.76. The van der Waals surface area contributed by atoms with Crippen LogP contribution in [-0.2, 0) is 16.0 Å². The molecule has 1 amide bonds. The molecule has 0 saturated carbocycles. The smallest absolute Gasteiger partial charge is 0.255 e. The number of nitrogens with one attached hydrogen (secondary N) is 1. The maximum atomic E-state index is 14.6. The molecule has 0 aromatic heterocycles. The number of alkyl halides is 1. The number of nitrogen functional groups attached to an aromatic ring is 1. The fraction of sp³-hybridized carbons (Fsp3) is 0.409. The van der Waals surface area contributed by atoms with E-state index in [-0.39, 0.29) is 30.8 Å². The van der Waals surface area contributed by atoms with Gasteiger partial charge in [-0.3, -0.25) is 14.4 Å². The molecule has 1 aromatic carbocycles. The number of amides is 1. The molecule has 3 aliphatic rings. The van der Waals surface area contributed by atoms with E-state index >= 15 is 0 Å². The summed E-state index contributed by atoms with van der Waals surface area (Å²) in [7, 11) is 0. The van der Waals surface area contributed by atoms with Gasteiger partial charge in [-0.25, -0.2) is 4.39 Å². The number of anilines is 1. The fourth-order valence-corrected chi connectivity index (χ4v) is 5.41. The largest absolute Gasteiger partial charge is 0.510 e. The number of ketones is 2. The molecule has 0 saturated heterocycles. The number of hydrogen-bond donors (Lipinski definition) is 7.